The lowest BCUT2D eigenvalue weighted by Gasteiger charge is -2.11. The van der Waals surface area contributed by atoms with Crippen LogP contribution in [0, 0.1) is 0 Å². The van der Waals surface area contributed by atoms with E-state index in [-0.39, 0.29) is 5.91 Å². The number of carbonyl (C=O) groups is 1. The Bertz CT molecular complexity index is 682. The first-order valence-electron chi connectivity index (χ1n) is 8.00. The Morgan fingerprint density at radius 3 is 2.62 bits per heavy atom. The molecule has 1 heterocycles. The number of carbonyl (C=O) groups excluding carboxylic acids is 1. The van der Waals surface area contributed by atoms with Gasteiger partial charge in [0.05, 0.1) is 11.7 Å². The van der Waals surface area contributed by atoms with Gasteiger partial charge in [0.15, 0.2) is 0 Å². The number of ether oxygens (including phenoxy) is 1. The fourth-order valence-electron chi connectivity index (χ4n) is 2.59. The van der Waals surface area contributed by atoms with Crippen LogP contribution in [-0.2, 0) is 11.2 Å². The molecule has 1 aliphatic heterocycles. The molecule has 5 heteroatoms. The maximum absolute atomic E-state index is 12.2. The molecule has 1 aliphatic rings. The smallest absolute Gasteiger partial charge is 0.224 e. The number of anilines is 1. The van der Waals surface area contributed by atoms with Crippen LogP contribution in [0.4, 0.5) is 5.69 Å². The van der Waals surface area contributed by atoms with E-state index in [1.165, 1.54) is 17.1 Å². The summed E-state index contributed by atoms with van der Waals surface area (Å²) in [5.41, 5.74) is 3.31. The Hall–Kier alpha value is -1.59. The number of nitrogens with one attached hydrogen (secondary N) is 1. The molecule has 1 saturated heterocycles. The van der Waals surface area contributed by atoms with E-state index in [2.05, 4.69) is 17.4 Å². The van der Waals surface area contributed by atoms with Gasteiger partial charge in [-0.15, -0.1) is 23.5 Å². The van der Waals surface area contributed by atoms with E-state index in [1.54, 1.807) is 7.11 Å². The number of thioether (sulfide) groups is 2. The molecule has 1 N–H and O–H groups in total. The largest absolute Gasteiger partial charge is 0.497 e. The SMILES string of the molecule is COc1ccc(CCC(=O)Nc2cccc(C3SCCS3)c2)cc1. The maximum Gasteiger partial charge on any atom is 0.224 e. The van der Waals surface area contributed by atoms with Crippen LogP contribution in [0.5, 0.6) is 5.75 Å². The van der Waals surface area contributed by atoms with E-state index in [4.69, 9.17) is 4.74 Å². The molecule has 0 bridgehead atoms. The van der Waals surface area contributed by atoms with Gasteiger partial charge in [0.2, 0.25) is 5.91 Å². The number of hydrogen-bond donors (Lipinski definition) is 1. The van der Waals surface area contributed by atoms with Crippen LogP contribution >= 0.6 is 23.5 Å². The highest BCUT2D eigenvalue weighted by Gasteiger charge is 2.18. The van der Waals surface area contributed by atoms with Crippen LogP contribution in [0.1, 0.15) is 22.1 Å². The number of methoxy groups -OCH3 is 1. The zero-order chi connectivity index (χ0) is 16.8. The molecule has 2 aromatic rings. The summed E-state index contributed by atoms with van der Waals surface area (Å²) < 4.78 is 5.65. The van der Waals surface area contributed by atoms with Gasteiger partial charge in [0, 0.05) is 23.6 Å². The molecule has 0 atom stereocenters. The average molecular weight is 360 g/mol. The van der Waals surface area contributed by atoms with Crippen molar-refractivity contribution in [2.24, 2.45) is 0 Å². The van der Waals surface area contributed by atoms with Crippen LogP contribution < -0.4 is 10.1 Å². The van der Waals surface area contributed by atoms with Gasteiger partial charge >= 0.3 is 0 Å². The minimum absolute atomic E-state index is 0.0506. The van der Waals surface area contributed by atoms with Gasteiger partial charge in [0.25, 0.3) is 0 Å². The summed E-state index contributed by atoms with van der Waals surface area (Å²) in [7, 11) is 1.65. The van der Waals surface area contributed by atoms with Crippen LogP contribution in [0.3, 0.4) is 0 Å². The fourth-order valence-corrected chi connectivity index (χ4v) is 5.43. The Balaban J connectivity index is 1.53. The normalized spacial score (nSPS) is 14.5. The Kier molecular flexibility index (Phi) is 6.10. The molecule has 3 rings (SSSR count). The summed E-state index contributed by atoms with van der Waals surface area (Å²) in [5, 5.41) is 3.02. The molecule has 3 nitrogen and oxygen atoms in total. The molecule has 2 aromatic carbocycles. The summed E-state index contributed by atoms with van der Waals surface area (Å²) in [4.78, 5) is 12.2. The van der Waals surface area contributed by atoms with E-state index in [9.17, 15) is 4.79 Å². The quantitative estimate of drug-likeness (QED) is 0.808. The third-order valence-electron chi connectivity index (χ3n) is 3.86. The summed E-state index contributed by atoms with van der Waals surface area (Å²) in [6, 6.07) is 16.1. The average Bonchev–Trinajstić information content (AvgIpc) is 3.15. The van der Waals surface area contributed by atoms with Crippen LogP contribution in [0.15, 0.2) is 48.5 Å². The van der Waals surface area contributed by atoms with Crippen LogP contribution in [0.2, 0.25) is 0 Å². The van der Waals surface area contributed by atoms with E-state index in [1.807, 2.05) is 59.9 Å². The third-order valence-corrected chi connectivity index (χ3v) is 6.97. The van der Waals surface area contributed by atoms with Crippen molar-refractivity contribution in [2.75, 3.05) is 23.9 Å². The molecule has 126 valence electrons. The second-order valence-electron chi connectivity index (χ2n) is 5.60. The molecule has 0 spiro atoms. The lowest BCUT2D eigenvalue weighted by Crippen LogP contribution is -2.12. The highest BCUT2D eigenvalue weighted by Crippen LogP contribution is 2.45. The van der Waals surface area contributed by atoms with E-state index >= 15 is 0 Å². The molecule has 0 saturated carbocycles. The highest BCUT2D eigenvalue weighted by molar-refractivity contribution is 8.19. The monoisotopic (exact) mass is 359 g/mol. The van der Waals surface area contributed by atoms with Crippen molar-refractivity contribution in [3.63, 3.8) is 0 Å². The Morgan fingerprint density at radius 2 is 1.92 bits per heavy atom. The Morgan fingerprint density at radius 1 is 1.17 bits per heavy atom. The second kappa shape index (κ2) is 8.49. The van der Waals surface area contributed by atoms with E-state index < -0.39 is 0 Å². The van der Waals surface area contributed by atoms with Crippen molar-refractivity contribution in [3.8, 4) is 5.75 Å². The first kappa shape index (κ1) is 17.2. The van der Waals surface area contributed by atoms with Gasteiger partial charge in [-0.3, -0.25) is 4.79 Å². The van der Waals surface area contributed by atoms with Gasteiger partial charge in [0.1, 0.15) is 5.75 Å². The zero-order valence-electron chi connectivity index (χ0n) is 13.7. The van der Waals surface area contributed by atoms with E-state index in [0.717, 1.165) is 23.4 Å². The number of hydrogen-bond acceptors (Lipinski definition) is 4. The molecule has 1 fully saturated rings. The summed E-state index contributed by atoms with van der Waals surface area (Å²) >= 11 is 3.95. The fraction of sp³-hybridized carbons (Fsp3) is 0.316. The molecular weight excluding hydrogens is 338 g/mol. The lowest BCUT2D eigenvalue weighted by molar-refractivity contribution is -0.116. The van der Waals surface area contributed by atoms with Crippen LogP contribution in [0.25, 0.3) is 0 Å². The minimum atomic E-state index is 0.0506. The first-order chi connectivity index (χ1) is 11.7. The summed E-state index contributed by atoms with van der Waals surface area (Å²) in [5.74, 6) is 3.29. The molecule has 0 aliphatic carbocycles. The molecule has 0 aromatic heterocycles. The molecule has 24 heavy (non-hydrogen) atoms. The zero-order valence-corrected chi connectivity index (χ0v) is 15.3. The predicted molar refractivity (Wildman–Crippen MR) is 104 cm³/mol. The molecular formula is C19H21NO2S2. The van der Waals surface area contributed by atoms with Gasteiger partial charge in [-0.2, -0.15) is 0 Å². The topological polar surface area (TPSA) is 38.3 Å². The maximum atomic E-state index is 12.2. The lowest BCUT2D eigenvalue weighted by atomic mass is 10.1. The summed E-state index contributed by atoms with van der Waals surface area (Å²) in [6.45, 7) is 0. The Labute approximate surface area is 151 Å². The van der Waals surface area contributed by atoms with Gasteiger partial charge < -0.3 is 10.1 Å². The molecule has 0 radical (unpaired) electrons. The highest BCUT2D eigenvalue weighted by atomic mass is 32.2. The number of rotatable bonds is 6. The van der Waals surface area contributed by atoms with Gasteiger partial charge in [-0.05, 0) is 41.8 Å². The number of amides is 1. The minimum Gasteiger partial charge on any atom is -0.497 e. The second-order valence-corrected chi connectivity index (χ2v) is 8.32. The van der Waals surface area contributed by atoms with E-state index in [0.29, 0.717) is 11.0 Å². The van der Waals surface area contributed by atoms with Crippen molar-refractivity contribution >= 4 is 35.1 Å². The van der Waals surface area contributed by atoms with Gasteiger partial charge in [-0.25, -0.2) is 0 Å². The third kappa shape index (κ3) is 4.71. The van der Waals surface area contributed by atoms with Crippen molar-refractivity contribution in [1.82, 2.24) is 0 Å². The predicted octanol–water partition coefficient (Wildman–Crippen LogP) is 4.75. The number of benzene rings is 2. The van der Waals surface area contributed by atoms with Crippen molar-refractivity contribution in [2.45, 2.75) is 17.4 Å². The van der Waals surface area contributed by atoms with Crippen molar-refractivity contribution < 1.29 is 9.53 Å². The number of aryl methyl sites for hydroxylation is 1. The standard InChI is InChI=1S/C19H21NO2S2/c1-22-17-8-5-14(6-9-17)7-10-18(21)20-16-4-2-3-15(13-16)19-23-11-12-24-19/h2-6,8-9,13,19H,7,10-12H2,1H3,(H,20,21). The first-order valence-corrected chi connectivity index (χ1v) is 10.1. The summed E-state index contributed by atoms with van der Waals surface area (Å²) in [6.07, 6.45) is 1.20. The molecule has 0 unspecified atom stereocenters. The van der Waals surface area contributed by atoms with Gasteiger partial charge in [-0.1, -0.05) is 24.3 Å². The van der Waals surface area contributed by atoms with Crippen molar-refractivity contribution in [1.29, 1.82) is 0 Å². The van der Waals surface area contributed by atoms with Crippen molar-refractivity contribution in [3.05, 3.63) is 59.7 Å². The van der Waals surface area contributed by atoms with Crippen LogP contribution in [-0.4, -0.2) is 24.5 Å². The molecule has 1 amide bonds.